The lowest BCUT2D eigenvalue weighted by Crippen LogP contribution is -2.07. The highest BCUT2D eigenvalue weighted by Gasteiger charge is 2.13. The molecule has 0 saturated heterocycles. The third-order valence-electron chi connectivity index (χ3n) is 2.88. The van der Waals surface area contributed by atoms with Crippen molar-refractivity contribution in [3.05, 3.63) is 44.1 Å². The number of hydrogen-bond acceptors (Lipinski definition) is 3. The van der Waals surface area contributed by atoms with Gasteiger partial charge in [-0.25, -0.2) is 0 Å². The van der Waals surface area contributed by atoms with Gasteiger partial charge in [-0.3, -0.25) is 4.68 Å². The maximum absolute atomic E-state index is 9.12. The van der Waals surface area contributed by atoms with Crippen LogP contribution in [0.15, 0.2) is 27.1 Å². The molecule has 2 rings (SSSR count). The van der Waals surface area contributed by atoms with Crippen molar-refractivity contribution in [2.45, 2.75) is 27.0 Å². The fourth-order valence-electron chi connectivity index (χ4n) is 1.87. The SMILES string of the molecule is CCn1nc(C)c(Br)c1COc1ccc(Br)cc1C#N. The molecule has 104 valence electrons. The van der Waals surface area contributed by atoms with Crippen LogP contribution in [0.5, 0.6) is 5.75 Å². The Balaban J connectivity index is 2.24. The minimum Gasteiger partial charge on any atom is -0.486 e. The Bertz CT molecular complexity index is 674. The molecule has 0 fully saturated rings. The first-order valence-corrected chi connectivity index (χ1v) is 7.69. The molecule has 0 amide bonds. The van der Waals surface area contributed by atoms with E-state index in [0.717, 1.165) is 26.9 Å². The predicted octanol–water partition coefficient (Wildman–Crippen LogP) is 4.19. The maximum atomic E-state index is 9.12. The van der Waals surface area contributed by atoms with Gasteiger partial charge in [0.1, 0.15) is 18.4 Å². The van der Waals surface area contributed by atoms with E-state index in [9.17, 15) is 0 Å². The van der Waals surface area contributed by atoms with Crippen molar-refractivity contribution in [3.8, 4) is 11.8 Å². The van der Waals surface area contributed by atoms with Crippen LogP contribution in [-0.4, -0.2) is 9.78 Å². The number of rotatable bonds is 4. The molecule has 0 atom stereocenters. The summed E-state index contributed by atoms with van der Waals surface area (Å²) in [6.07, 6.45) is 0. The van der Waals surface area contributed by atoms with Crippen LogP contribution in [0.25, 0.3) is 0 Å². The van der Waals surface area contributed by atoms with E-state index in [-0.39, 0.29) is 0 Å². The van der Waals surface area contributed by atoms with Gasteiger partial charge < -0.3 is 4.74 Å². The Morgan fingerprint density at radius 3 is 2.80 bits per heavy atom. The number of aryl methyl sites for hydroxylation is 2. The summed E-state index contributed by atoms with van der Waals surface area (Å²) in [7, 11) is 0. The molecule has 1 aromatic carbocycles. The molecule has 1 aromatic heterocycles. The smallest absolute Gasteiger partial charge is 0.137 e. The summed E-state index contributed by atoms with van der Waals surface area (Å²) in [4.78, 5) is 0. The normalized spacial score (nSPS) is 10.3. The molecule has 1 heterocycles. The average molecular weight is 399 g/mol. The number of hydrogen-bond donors (Lipinski definition) is 0. The summed E-state index contributed by atoms with van der Waals surface area (Å²) in [5.41, 5.74) is 2.41. The largest absolute Gasteiger partial charge is 0.486 e. The topological polar surface area (TPSA) is 50.8 Å². The summed E-state index contributed by atoms with van der Waals surface area (Å²) in [6.45, 7) is 5.12. The number of nitrogens with zero attached hydrogens (tertiary/aromatic N) is 3. The van der Waals surface area contributed by atoms with E-state index in [1.807, 2.05) is 24.6 Å². The molecular formula is C14H13Br2N3O. The summed E-state index contributed by atoms with van der Waals surface area (Å²) >= 11 is 6.87. The summed E-state index contributed by atoms with van der Waals surface area (Å²) in [5.74, 6) is 0.573. The molecular weight excluding hydrogens is 386 g/mol. The van der Waals surface area contributed by atoms with Gasteiger partial charge in [-0.15, -0.1) is 0 Å². The first kappa shape index (κ1) is 15.1. The van der Waals surface area contributed by atoms with Crippen molar-refractivity contribution in [2.24, 2.45) is 0 Å². The molecule has 0 aliphatic rings. The second-order valence-electron chi connectivity index (χ2n) is 4.20. The molecule has 0 spiro atoms. The quantitative estimate of drug-likeness (QED) is 0.775. The van der Waals surface area contributed by atoms with Crippen molar-refractivity contribution < 1.29 is 4.74 Å². The lowest BCUT2D eigenvalue weighted by atomic mass is 10.2. The molecule has 0 aliphatic heterocycles. The molecule has 0 radical (unpaired) electrons. The highest BCUT2D eigenvalue weighted by Crippen LogP contribution is 2.26. The van der Waals surface area contributed by atoms with Crippen LogP contribution in [0.3, 0.4) is 0 Å². The van der Waals surface area contributed by atoms with E-state index in [0.29, 0.717) is 17.9 Å². The molecule has 20 heavy (non-hydrogen) atoms. The van der Waals surface area contributed by atoms with E-state index in [1.54, 1.807) is 12.1 Å². The van der Waals surface area contributed by atoms with Crippen molar-refractivity contribution in [2.75, 3.05) is 0 Å². The Labute approximate surface area is 134 Å². The average Bonchev–Trinajstić information content (AvgIpc) is 2.72. The van der Waals surface area contributed by atoms with Crippen LogP contribution < -0.4 is 4.74 Å². The van der Waals surface area contributed by atoms with E-state index >= 15 is 0 Å². The maximum Gasteiger partial charge on any atom is 0.137 e. The standard InChI is InChI=1S/C14H13Br2N3O/c1-3-19-12(14(16)9(2)18-19)8-20-13-5-4-11(15)6-10(13)7-17/h4-6H,3,8H2,1-2H3. The zero-order valence-electron chi connectivity index (χ0n) is 11.2. The number of ether oxygens (including phenoxy) is 1. The molecule has 0 N–H and O–H groups in total. The molecule has 0 unspecified atom stereocenters. The Morgan fingerprint density at radius 1 is 1.40 bits per heavy atom. The van der Waals surface area contributed by atoms with E-state index in [4.69, 9.17) is 10.00 Å². The van der Waals surface area contributed by atoms with Gasteiger partial charge in [-0.05, 0) is 48.0 Å². The van der Waals surface area contributed by atoms with Gasteiger partial charge in [0.2, 0.25) is 0 Å². The zero-order valence-corrected chi connectivity index (χ0v) is 14.3. The lowest BCUT2D eigenvalue weighted by molar-refractivity contribution is 0.291. The molecule has 2 aromatic rings. The molecule has 4 nitrogen and oxygen atoms in total. The third kappa shape index (κ3) is 3.05. The first-order chi connectivity index (χ1) is 9.56. The van der Waals surface area contributed by atoms with Gasteiger partial charge in [0.05, 0.1) is 21.4 Å². The van der Waals surface area contributed by atoms with Crippen molar-refractivity contribution in [1.29, 1.82) is 5.26 Å². The molecule has 0 saturated carbocycles. The number of benzene rings is 1. The number of halogens is 2. The summed E-state index contributed by atoms with van der Waals surface area (Å²) < 4.78 is 9.48. The minimum atomic E-state index is 0.367. The second kappa shape index (κ2) is 6.42. The zero-order chi connectivity index (χ0) is 14.7. The monoisotopic (exact) mass is 397 g/mol. The molecule has 6 heteroatoms. The lowest BCUT2D eigenvalue weighted by Gasteiger charge is -2.10. The van der Waals surface area contributed by atoms with E-state index < -0.39 is 0 Å². The van der Waals surface area contributed by atoms with E-state index in [2.05, 4.69) is 43.0 Å². The molecule has 0 bridgehead atoms. The minimum absolute atomic E-state index is 0.367. The van der Waals surface area contributed by atoms with Crippen LogP contribution in [0.1, 0.15) is 23.9 Å². The highest BCUT2D eigenvalue weighted by molar-refractivity contribution is 9.10. The van der Waals surface area contributed by atoms with Crippen LogP contribution in [-0.2, 0) is 13.2 Å². The van der Waals surface area contributed by atoms with Gasteiger partial charge in [0, 0.05) is 11.0 Å². The van der Waals surface area contributed by atoms with Crippen LogP contribution >= 0.6 is 31.9 Å². The number of nitriles is 1. The van der Waals surface area contributed by atoms with Crippen molar-refractivity contribution in [3.63, 3.8) is 0 Å². The Kier molecular flexibility index (Phi) is 4.84. The predicted molar refractivity (Wildman–Crippen MR) is 83.5 cm³/mol. The fraction of sp³-hybridized carbons (Fsp3) is 0.286. The van der Waals surface area contributed by atoms with Gasteiger partial charge in [-0.2, -0.15) is 10.4 Å². The van der Waals surface area contributed by atoms with Crippen LogP contribution in [0, 0.1) is 18.3 Å². The second-order valence-corrected chi connectivity index (χ2v) is 5.91. The van der Waals surface area contributed by atoms with E-state index in [1.165, 1.54) is 0 Å². The van der Waals surface area contributed by atoms with Gasteiger partial charge in [0.25, 0.3) is 0 Å². The van der Waals surface area contributed by atoms with Gasteiger partial charge >= 0.3 is 0 Å². The molecule has 0 aliphatic carbocycles. The Hall–Kier alpha value is -1.32. The van der Waals surface area contributed by atoms with Crippen LogP contribution in [0.4, 0.5) is 0 Å². The third-order valence-corrected chi connectivity index (χ3v) is 4.40. The van der Waals surface area contributed by atoms with Gasteiger partial charge in [-0.1, -0.05) is 15.9 Å². The fourth-order valence-corrected chi connectivity index (χ4v) is 2.63. The van der Waals surface area contributed by atoms with Crippen molar-refractivity contribution >= 4 is 31.9 Å². The summed E-state index contributed by atoms with van der Waals surface area (Å²) in [6, 6.07) is 7.52. The Morgan fingerprint density at radius 2 is 2.15 bits per heavy atom. The highest BCUT2D eigenvalue weighted by atomic mass is 79.9. The summed E-state index contributed by atoms with van der Waals surface area (Å²) in [5, 5.41) is 13.5. The van der Waals surface area contributed by atoms with Crippen molar-refractivity contribution in [1.82, 2.24) is 9.78 Å². The van der Waals surface area contributed by atoms with Gasteiger partial charge in [0.15, 0.2) is 0 Å². The first-order valence-electron chi connectivity index (χ1n) is 6.11. The number of aromatic nitrogens is 2. The van der Waals surface area contributed by atoms with Crippen LogP contribution in [0.2, 0.25) is 0 Å².